The third-order valence-corrected chi connectivity index (χ3v) is 5.05. The molecule has 6 N–H and O–H groups in total. The first kappa shape index (κ1) is 43.4. The van der Waals surface area contributed by atoms with Crippen molar-refractivity contribution in [2.75, 3.05) is 0 Å². The fraction of sp³-hybridized carbons (Fsp3) is 1.00. The van der Waals surface area contributed by atoms with Crippen molar-refractivity contribution in [1.29, 1.82) is 0 Å². The van der Waals surface area contributed by atoms with Crippen molar-refractivity contribution < 1.29 is 204 Å². The average Bonchev–Trinajstić information content (AvgIpc) is 2.39. The van der Waals surface area contributed by atoms with E-state index in [9.17, 15) is 48.0 Å². The molecule has 0 heterocycles. The molecule has 0 aromatic carbocycles. The van der Waals surface area contributed by atoms with Crippen molar-refractivity contribution in [3.05, 3.63) is 0 Å². The Hall–Kier alpha value is 4.36. The summed E-state index contributed by atoms with van der Waals surface area (Å²) >= 11 is 0. The molecule has 0 aromatic rings. The molecule has 0 aliphatic heterocycles. The largest absolute Gasteiger partial charge is 1.00 e. The number of phosphoric acid groups is 4. The molecule has 0 amide bonds. The van der Waals surface area contributed by atoms with Crippen LogP contribution in [0.5, 0.6) is 0 Å². The summed E-state index contributed by atoms with van der Waals surface area (Å²) in [6.45, 7) is 0. The zero-order valence-electron chi connectivity index (χ0n) is 16.8. The van der Waals surface area contributed by atoms with Crippen LogP contribution in [0.3, 0.4) is 0 Å². The van der Waals surface area contributed by atoms with E-state index in [0.29, 0.717) is 0 Å². The van der Waals surface area contributed by atoms with Crippen LogP contribution in [0.1, 0.15) is 0 Å². The summed E-state index contributed by atoms with van der Waals surface area (Å²) in [6.07, 6.45) is -16.7. The van der Waals surface area contributed by atoms with Gasteiger partial charge in [0.25, 0.3) is 0 Å². The molecule has 0 aromatic heterocycles. The Bertz CT molecular complexity index is 682. The summed E-state index contributed by atoms with van der Waals surface area (Å²) in [5.74, 6) is 0. The van der Waals surface area contributed by atoms with E-state index < -0.39 is 67.9 Å². The van der Waals surface area contributed by atoms with Gasteiger partial charge in [0.15, 0.2) is 0 Å². The van der Waals surface area contributed by atoms with Gasteiger partial charge in [0.1, 0.15) is 36.6 Å². The standard InChI is InChI=1S/C6H16O18P4.4Na/c7-1-2(8)4(22-26(12,13)14)6(24-28(18,19)20)5(23-27(15,16)17)3(1)21-25(9,10)11;;;;/h1-8H,(H2,9,10,11)(H2,12,13,14)(H2,15,16,17)(H2,18,19,20);;;;/q;4*+1/p-4/t1-,2+,3?,4?,5?,6?;;;;. The van der Waals surface area contributed by atoms with Crippen LogP contribution >= 0.6 is 31.3 Å². The van der Waals surface area contributed by atoms with Crippen LogP contribution in [-0.4, -0.2) is 66.4 Å². The minimum Gasteiger partial charge on any atom is -0.790 e. The van der Waals surface area contributed by atoms with Crippen LogP contribution < -0.4 is 138 Å². The minimum atomic E-state index is -6.11. The van der Waals surface area contributed by atoms with Gasteiger partial charge in [-0.15, -0.1) is 0 Å². The number of aliphatic hydroxyl groups is 2. The summed E-state index contributed by atoms with van der Waals surface area (Å²) in [6, 6.07) is 0. The van der Waals surface area contributed by atoms with Gasteiger partial charge in [-0.2, -0.15) is 0 Å². The van der Waals surface area contributed by atoms with Crippen LogP contribution in [0.25, 0.3) is 0 Å². The first-order valence-corrected chi connectivity index (χ1v) is 12.4. The second-order valence-electron chi connectivity index (χ2n) is 5.14. The van der Waals surface area contributed by atoms with Crippen LogP contribution in [0.2, 0.25) is 0 Å². The molecule has 0 bridgehead atoms. The Balaban J connectivity index is -0.000000980. The number of aliphatic hydroxyl groups excluding tert-OH is 2. The first-order valence-electron chi connectivity index (χ1n) is 6.45. The average molecular weight is 588 g/mol. The Kier molecular flexibility index (Phi) is 22.3. The fourth-order valence-electron chi connectivity index (χ4n) is 2.25. The van der Waals surface area contributed by atoms with Crippen molar-refractivity contribution >= 4 is 31.3 Å². The summed E-state index contributed by atoms with van der Waals surface area (Å²) in [7, 11) is -23.7. The number of hydrogen-bond donors (Lipinski definition) is 6. The van der Waals surface area contributed by atoms with E-state index in [1.807, 2.05) is 0 Å². The summed E-state index contributed by atoms with van der Waals surface area (Å²) in [5, 5.41) is 19.6. The van der Waals surface area contributed by atoms with Crippen molar-refractivity contribution in [2.45, 2.75) is 36.6 Å². The first-order chi connectivity index (χ1) is 12.2. The zero-order valence-corrected chi connectivity index (χ0v) is 28.4. The third-order valence-electron chi connectivity index (χ3n) is 3.01. The molecule has 18 nitrogen and oxygen atoms in total. The SMILES string of the molecule is O=P([O-])([O-])OC1C(OP(=O)(O)O)C(OP(=O)(O)O)C(OP(=O)([O-])[O-])[C@H](O)[C@@H]1O.[Na+].[Na+].[Na+].[Na+]. The van der Waals surface area contributed by atoms with Gasteiger partial charge in [0.2, 0.25) is 0 Å². The van der Waals surface area contributed by atoms with E-state index in [0.717, 1.165) is 0 Å². The van der Waals surface area contributed by atoms with Crippen molar-refractivity contribution in [1.82, 2.24) is 0 Å². The second kappa shape index (κ2) is 16.5. The Labute approximate surface area is 268 Å². The molecule has 4 unspecified atom stereocenters. The number of phosphoric ester groups is 4. The van der Waals surface area contributed by atoms with Gasteiger partial charge < -0.3 is 67.5 Å². The van der Waals surface area contributed by atoms with Gasteiger partial charge in [-0.3, -0.25) is 9.05 Å². The van der Waals surface area contributed by atoms with Crippen LogP contribution in [0.4, 0.5) is 0 Å². The van der Waals surface area contributed by atoms with Crippen LogP contribution in [-0.2, 0) is 36.4 Å². The van der Waals surface area contributed by atoms with E-state index in [1.54, 1.807) is 0 Å². The second-order valence-corrected chi connectivity index (χ2v) is 9.73. The Morgan fingerprint density at radius 1 is 0.500 bits per heavy atom. The Morgan fingerprint density at radius 2 is 0.719 bits per heavy atom. The fourth-order valence-corrected chi connectivity index (χ4v) is 4.45. The number of rotatable bonds is 8. The van der Waals surface area contributed by atoms with Gasteiger partial charge in [-0.25, -0.2) is 9.13 Å². The van der Waals surface area contributed by atoms with Gasteiger partial charge in [-0.1, -0.05) is 0 Å². The molecule has 1 aliphatic carbocycles. The molecule has 1 fully saturated rings. The molecule has 1 saturated carbocycles. The van der Waals surface area contributed by atoms with Gasteiger partial charge in [0, 0.05) is 0 Å². The summed E-state index contributed by atoms with van der Waals surface area (Å²) in [5.41, 5.74) is 0. The van der Waals surface area contributed by atoms with E-state index >= 15 is 0 Å². The monoisotopic (exact) mass is 588 g/mol. The van der Waals surface area contributed by atoms with Crippen molar-refractivity contribution in [3.8, 4) is 0 Å². The molecule has 26 heteroatoms. The van der Waals surface area contributed by atoms with Crippen molar-refractivity contribution in [2.24, 2.45) is 0 Å². The number of hydrogen-bond acceptors (Lipinski definition) is 14. The molecule has 0 saturated heterocycles. The van der Waals surface area contributed by atoms with E-state index in [2.05, 4.69) is 18.1 Å². The molecule has 0 radical (unpaired) electrons. The normalized spacial score (nSPS) is 28.9. The van der Waals surface area contributed by atoms with E-state index in [1.165, 1.54) is 0 Å². The summed E-state index contributed by atoms with van der Waals surface area (Å²) in [4.78, 5) is 78.7. The third kappa shape index (κ3) is 16.4. The predicted octanol–water partition coefficient (Wildman–Crippen LogP) is -17.9. The Morgan fingerprint density at radius 3 is 0.875 bits per heavy atom. The maximum Gasteiger partial charge on any atom is 1.00 e. The molecule has 6 atom stereocenters. The van der Waals surface area contributed by atoms with Crippen LogP contribution in [0.15, 0.2) is 0 Å². The minimum absolute atomic E-state index is 0. The van der Waals surface area contributed by atoms with Crippen molar-refractivity contribution in [3.63, 3.8) is 0 Å². The smallest absolute Gasteiger partial charge is 0.790 e. The van der Waals surface area contributed by atoms with E-state index in [-0.39, 0.29) is 118 Å². The molecule has 1 rings (SSSR count). The maximum absolute atomic E-state index is 11.1. The zero-order chi connectivity index (χ0) is 22.3. The molecule has 0 spiro atoms. The summed E-state index contributed by atoms with van der Waals surface area (Å²) < 4.78 is 59.3. The maximum atomic E-state index is 11.1. The van der Waals surface area contributed by atoms with Crippen LogP contribution in [0, 0.1) is 0 Å². The molecule has 168 valence electrons. The quantitative estimate of drug-likeness (QED) is 0.113. The van der Waals surface area contributed by atoms with Gasteiger partial charge >= 0.3 is 134 Å². The van der Waals surface area contributed by atoms with E-state index in [4.69, 9.17) is 19.6 Å². The van der Waals surface area contributed by atoms with Gasteiger partial charge in [0.05, 0.1) is 15.6 Å². The molecule has 1 aliphatic rings. The van der Waals surface area contributed by atoms with Gasteiger partial charge in [-0.05, 0) is 0 Å². The molecular weight excluding hydrogens is 576 g/mol. The molecule has 32 heavy (non-hydrogen) atoms. The predicted molar refractivity (Wildman–Crippen MR) is 70.8 cm³/mol. The topological polar surface area (TPSA) is 319 Å². The molecular formula is C6H12Na4O18P4.